The summed E-state index contributed by atoms with van der Waals surface area (Å²) in [6.07, 6.45) is 0. The van der Waals surface area contributed by atoms with E-state index in [1.165, 1.54) is 0 Å². The number of nitrogens with zero attached hydrogens (tertiary/aromatic N) is 2. The van der Waals surface area contributed by atoms with Crippen LogP contribution in [0.25, 0.3) is 11.3 Å². The predicted molar refractivity (Wildman–Crippen MR) is 94.8 cm³/mol. The van der Waals surface area contributed by atoms with Crippen LogP contribution in [0.4, 0.5) is 5.82 Å². The molecule has 0 saturated heterocycles. The summed E-state index contributed by atoms with van der Waals surface area (Å²) in [4.78, 5) is 12.1. The Labute approximate surface area is 141 Å². The van der Waals surface area contributed by atoms with Gasteiger partial charge in [0, 0.05) is 11.6 Å². The fourth-order valence-electron chi connectivity index (χ4n) is 2.01. The highest BCUT2D eigenvalue weighted by molar-refractivity contribution is 9.19. The third kappa shape index (κ3) is 3.73. The zero-order valence-corrected chi connectivity index (χ0v) is 13.6. The van der Waals surface area contributed by atoms with E-state index in [1.807, 2.05) is 42.5 Å². The van der Waals surface area contributed by atoms with E-state index in [9.17, 15) is 4.79 Å². The van der Waals surface area contributed by atoms with E-state index in [0.717, 1.165) is 11.3 Å². The van der Waals surface area contributed by atoms with E-state index in [-0.39, 0.29) is 10.4 Å². The molecule has 114 valence electrons. The number of halogens is 1. The number of rotatable bonds is 5. The first-order chi connectivity index (χ1) is 11.2. The largest absolute Gasteiger partial charge is 0.286 e. The maximum Gasteiger partial charge on any atom is 0.220 e. The van der Waals surface area contributed by atoms with Crippen LogP contribution in [0.2, 0.25) is 0 Å². The van der Waals surface area contributed by atoms with Gasteiger partial charge in [-0.2, -0.15) is 10.2 Å². The molecule has 0 radical (unpaired) electrons. The monoisotopic (exact) mass is 368 g/mol. The third-order valence-corrected chi connectivity index (χ3v) is 3.69. The number of anilines is 1. The first-order valence-electron chi connectivity index (χ1n) is 6.94. The second-order valence-corrected chi connectivity index (χ2v) is 5.49. The number of aromatic amines is 1. The van der Waals surface area contributed by atoms with E-state index < -0.39 is 0 Å². The van der Waals surface area contributed by atoms with Crippen LogP contribution in [0.1, 0.15) is 10.4 Å². The number of hydrogen-bond acceptors (Lipinski definition) is 4. The zero-order valence-electron chi connectivity index (χ0n) is 12.0. The lowest BCUT2D eigenvalue weighted by Crippen LogP contribution is -2.09. The zero-order chi connectivity index (χ0) is 16.1. The van der Waals surface area contributed by atoms with E-state index in [2.05, 4.69) is 36.7 Å². The molecule has 0 saturated carbocycles. The number of aromatic nitrogens is 2. The van der Waals surface area contributed by atoms with Gasteiger partial charge in [0.1, 0.15) is 0 Å². The molecule has 2 N–H and O–H groups in total. The van der Waals surface area contributed by atoms with Crippen LogP contribution >= 0.6 is 15.9 Å². The summed E-state index contributed by atoms with van der Waals surface area (Å²) in [5, 5.41) is 11.1. The van der Waals surface area contributed by atoms with Gasteiger partial charge < -0.3 is 0 Å². The van der Waals surface area contributed by atoms with Gasteiger partial charge in [0.2, 0.25) is 5.78 Å². The van der Waals surface area contributed by atoms with Gasteiger partial charge in [-0.3, -0.25) is 15.3 Å². The molecule has 23 heavy (non-hydrogen) atoms. The Morgan fingerprint density at radius 1 is 1.04 bits per heavy atom. The molecule has 6 heteroatoms. The smallest absolute Gasteiger partial charge is 0.220 e. The van der Waals surface area contributed by atoms with Crippen molar-refractivity contribution in [2.24, 2.45) is 5.10 Å². The molecular weight excluding hydrogens is 356 g/mol. The second kappa shape index (κ2) is 7.02. The summed E-state index contributed by atoms with van der Waals surface area (Å²) in [5.74, 6) is 0.332. The minimum Gasteiger partial charge on any atom is -0.286 e. The summed E-state index contributed by atoms with van der Waals surface area (Å²) in [6.45, 7) is 0. The number of nitrogens with one attached hydrogen (secondary N) is 2. The number of ketones is 1. The normalized spacial score (nSPS) is 11.3. The van der Waals surface area contributed by atoms with E-state index in [4.69, 9.17) is 0 Å². The number of carbonyl (C=O) groups is 1. The number of Topliss-reactive ketones (excluding diaryl/α,β-unsaturated/α-hetero) is 1. The SMILES string of the molecule is O=C(/C(Br)=N\Nc1cc(-c2ccccc2)[nH]n1)c1ccccc1. The number of benzene rings is 2. The second-order valence-electron chi connectivity index (χ2n) is 4.74. The lowest BCUT2D eigenvalue weighted by atomic mass is 10.1. The first-order valence-corrected chi connectivity index (χ1v) is 7.73. The molecule has 5 nitrogen and oxygen atoms in total. The van der Waals surface area contributed by atoms with Crippen LogP contribution in [0.3, 0.4) is 0 Å². The molecule has 0 aliphatic heterocycles. The molecule has 0 unspecified atom stereocenters. The Balaban J connectivity index is 1.71. The minimum atomic E-state index is -0.197. The fraction of sp³-hybridized carbons (Fsp3) is 0. The van der Waals surface area contributed by atoms with Crippen LogP contribution in [0, 0.1) is 0 Å². The quantitative estimate of drug-likeness (QED) is 0.405. The van der Waals surface area contributed by atoms with Crippen LogP contribution in [0.5, 0.6) is 0 Å². The highest BCUT2D eigenvalue weighted by Gasteiger charge is 2.11. The summed E-state index contributed by atoms with van der Waals surface area (Å²) in [5.41, 5.74) is 5.22. The average Bonchev–Trinajstić information content (AvgIpc) is 3.09. The topological polar surface area (TPSA) is 70.1 Å². The van der Waals surface area contributed by atoms with Gasteiger partial charge in [-0.25, -0.2) is 0 Å². The lowest BCUT2D eigenvalue weighted by molar-refractivity contribution is 0.106. The Kier molecular flexibility index (Phi) is 4.63. The molecule has 3 rings (SSSR count). The summed E-state index contributed by atoms with van der Waals surface area (Å²) >= 11 is 3.19. The van der Waals surface area contributed by atoms with Crippen molar-refractivity contribution >= 4 is 32.2 Å². The molecule has 3 aromatic rings. The van der Waals surface area contributed by atoms with Crippen molar-refractivity contribution in [1.29, 1.82) is 0 Å². The maximum atomic E-state index is 12.1. The average molecular weight is 369 g/mol. The van der Waals surface area contributed by atoms with Crippen molar-refractivity contribution < 1.29 is 4.79 Å². The first kappa shape index (κ1) is 15.2. The number of hydrogen-bond donors (Lipinski definition) is 2. The standard InChI is InChI=1S/C17H13BrN4O/c18-17(16(23)13-9-5-2-6-10-13)22-21-15-11-14(19-20-15)12-7-3-1-4-8-12/h1-11H,(H2,19,20,21)/b22-17+. The molecule has 0 spiro atoms. The maximum absolute atomic E-state index is 12.1. The van der Waals surface area contributed by atoms with Crippen LogP contribution < -0.4 is 5.43 Å². The van der Waals surface area contributed by atoms with Gasteiger partial charge in [0.15, 0.2) is 10.4 Å². The van der Waals surface area contributed by atoms with Crippen molar-refractivity contribution in [2.45, 2.75) is 0 Å². The van der Waals surface area contributed by atoms with Crippen molar-refractivity contribution in [3.05, 3.63) is 72.3 Å². The number of carbonyl (C=O) groups excluding carboxylic acids is 1. The minimum absolute atomic E-state index is 0.188. The van der Waals surface area contributed by atoms with Crippen molar-refractivity contribution in [1.82, 2.24) is 10.2 Å². The molecule has 0 aliphatic rings. The van der Waals surface area contributed by atoms with Crippen LogP contribution in [-0.2, 0) is 0 Å². The van der Waals surface area contributed by atoms with Crippen molar-refractivity contribution in [3.8, 4) is 11.3 Å². The highest BCUT2D eigenvalue weighted by Crippen LogP contribution is 2.19. The molecule has 2 aromatic carbocycles. The summed E-state index contributed by atoms with van der Waals surface area (Å²) in [7, 11) is 0. The Hall–Kier alpha value is -2.73. The van der Waals surface area contributed by atoms with Crippen LogP contribution in [0.15, 0.2) is 71.8 Å². The number of H-pyrrole nitrogens is 1. The molecule has 0 aliphatic carbocycles. The van der Waals surface area contributed by atoms with Gasteiger partial charge in [-0.1, -0.05) is 60.7 Å². The molecule has 1 aromatic heterocycles. The van der Waals surface area contributed by atoms with Crippen molar-refractivity contribution in [2.75, 3.05) is 5.43 Å². The predicted octanol–water partition coefficient (Wildman–Crippen LogP) is 4.08. The Morgan fingerprint density at radius 2 is 1.70 bits per heavy atom. The lowest BCUT2D eigenvalue weighted by Gasteiger charge is -1.99. The van der Waals surface area contributed by atoms with E-state index in [1.54, 1.807) is 24.3 Å². The van der Waals surface area contributed by atoms with Gasteiger partial charge in [-0.05, 0) is 21.5 Å². The molecule has 0 fully saturated rings. The molecule has 0 amide bonds. The number of hydrazone groups is 1. The van der Waals surface area contributed by atoms with Crippen molar-refractivity contribution in [3.63, 3.8) is 0 Å². The Morgan fingerprint density at radius 3 is 2.39 bits per heavy atom. The summed E-state index contributed by atoms with van der Waals surface area (Å²) < 4.78 is 0.188. The van der Waals surface area contributed by atoms with Gasteiger partial charge in [0.25, 0.3) is 0 Å². The molecule has 0 bridgehead atoms. The van der Waals surface area contributed by atoms with Gasteiger partial charge in [-0.15, -0.1) is 0 Å². The third-order valence-electron chi connectivity index (χ3n) is 3.15. The Bertz CT molecular complexity index is 828. The van der Waals surface area contributed by atoms with E-state index >= 15 is 0 Å². The fourth-order valence-corrected chi connectivity index (χ4v) is 2.33. The molecular formula is C17H13BrN4O. The summed E-state index contributed by atoms with van der Waals surface area (Å²) in [6, 6.07) is 20.6. The molecule has 1 heterocycles. The molecule has 0 atom stereocenters. The van der Waals surface area contributed by atoms with Gasteiger partial charge >= 0.3 is 0 Å². The van der Waals surface area contributed by atoms with Gasteiger partial charge in [0.05, 0.1) is 5.69 Å². The van der Waals surface area contributed by atoms with E-state index in [0.29, 0.717) is 11.4 Å². The van der Waals surface area contributed by atoms with Crippen LogP contribution in [-0.4, -0.2) is 20.6 Å². The highest BCUT2D eigenvalue weighted by atomic mass is 79.9.